The molecule has 1 aromatic heterocycles. The van der Waals surface area contributed by atoms with Crippen LogP contribution in [0, 0.1) is 17.0 Å². The van der Waals surface area contributed by atoms with Crippen LogP contribution in [-0.2, 0) is 6.61 Å². The summed E-state index contributed by atoms with van der Waals surface area (Å²) in [4.78, 5) is 11.3. The highest BCUT2D eigenvalue weighted by atomic mass is 79.9. The molecule has 0 radical (unpaired) electrons. The number of ether oxygens (including phenoxy) is 2. The Morgan fingerprint density at radius 3 is 2.53 bits per heavy atom. The van der Waals surface area contributed by atoms with Gasteiger partial charge in [-0.1, -0.05) is 59.2 Å². The van der Waals surface area contributed by atoms with E-state index in [1.807, 2.05) is 60.9 Å². The molecule has 0 spiro atoms. The average Bonchev–Trinajstić information content (AvgIpc) is 3.25. The van der Waals surface area contributed by atoms with Gasteiger partial charge in [0.1, 0.15) is 17.7 Å². The van der Waals surface area contributed by atoms with Crippen molar-refractivity contribution in [2.45, 2.75) is 30.9 Å². The van der Waals surface area contributed by atoms with Crippen LogP contribution in [0.4, 0.5) is 0 Å². The van der Waals surface area contributed by atoms with Crippen LogP contribution >= 0.6 is 50.9 Å². The summed E-state index contributed by atoms with van der Waals surface area (Å²) in [5.41, 5.74) is 2.39. The summed E-state index contributed by atoms with van der Waals surface area (Å²) in [6.45, 7) is 3.98. The van der Waals surface area contributed by atoms with Gasteiger partial charge in [0.15, 0.2) is 16.7 Å². The number of nitrogens with zero attached hydrogens (tertiary/aromatic N) is 4. The van der Waals surface area contributed by atoms with E-state index < -0.39 is 5.25 Å². The van der Waals surface area contributed by atoms with Gasteiger partial charge in [-0.05, 0) is 77.3 Å². The molecule has 198 valence electrons. The molecule has 0 bridgehead atoms. The number of aryl methyl sites for hydroxylation is 1. The summed E-state index contributed by atoms with van der Waals surface area (Å²) in [5.74, 6) is 1.63. The third-order valence-corrected chi connectivity index (χ3v) is 7.95. The van der Waals surface area contributed by atoms with Crippen molar-refractivity contribution in [2.75, 3.05) is 13.2 Å². The van der Waals surface area contributed by atoms with E-state index in [0.29, 0.717) is 49.2 Å². The molecule has 0 aliphatic carbocycles. The zero-order valence-electron chi connectivity index (χ0n) is 20.4. The molecule has 0 aliphatic heterocycles. The molecule has 8 nitrogen and oxygen atoms in total. The summed E-state index contributed by atoms with van der Waals surface area (Å²) in [6, 6.07) is 18.5. The van der Waals surface area contributed by atoms with Crippen molar-refractivity contribution in [3.05, 3.63) is 102 Å². The molecular formula is C26H23BrCl2N4O4S. The van der Waals surface area contributed by atoms with E-state index in [1.54, 1.807) is 18.2 Å². The summed E-state index contributed by atoms with van der Waals surface area (Å²) in [7, 11) is 0. The Morgan fingerprint density at radius 2 is 1.84 bits per heavy atom. The molecule has 1 heterocycles. The molecule has 4 rings (SSSR count). The standard InChI is InChI=1S/C26H23BrCl2N4O4S/c1-3-36-23-13-18(12-20(27)25(23)37-15-17-9-10-21(28)22(29)11-17)24(14-32(34)35)38-26-31-30-16(2)33(26)19-7-5-4-6-8-19/h4-13,24H,3,14-15H2,1-2H3/t24-/m1/s1. The van der Waals surface area contributed by atoms with Gasteiger partial charge in [-0.15, -0.1) is 10.2 Å². The van der Waals surface area contributed by atoms with Gasteiger partial charge >= 0.3 is 0 Å². The first-order chi connectivity index (χ1) is 18.3. The van der Waals surface area contributed by atoms with E-state index in [9.17, 15) is 10.1 Å². The number of aromatic nitrogens is 3. The molecule has 1 atom stereocenters. The normalized spacial score (nSPS) is 11.8. The quantitative estimate of drug-likeness (QED) is 0.0943. The van der Waals surface area contributed by atoms with E-state index in [-0.39, 0.29) is 18.1 Å². The zero-order valence-corrected chi connectivity index (χ0v) is 24.4. The largest absolute Gasteiger partial charge is 0.490 e. The lowest BCUT2D eigenvalue weighted by molar-refractivity contribution is -0.479. The Labute approximate surface area is 242 Å². The van der Waals surface area contributed by atoms with Crippen LogP contribution < -0.4 is 9.47 Å². The lowest BCUT2D eigenvalue weighted by atomic mass is 10.1. The second-order valence-electron chi connectivity index (χ2n) is 8.12. The number of thioether (sulfide) groups is 1. The smallest absolute Gasteiger partial charge is 0.220 e. The zero-order chi connectivity index (χ0) is 27.2. The van der Waals surface area contributed by atoms with Crippen molar-refractivity contribution in [3.63, 3.8) is 0 Å². The summed E-state index contributed by atoms with van der Waals surface area (Å²) in [5, 5.41) is 21.1. The second kappa shape index (κ2) is 12.8. The first kappa shape index (κ1) is 28.2. The minimum Gasteiger partial charge on any atom is -0.490 e. The SMILES string of the molecule is CCOc1cc([C@@H](C[N+](=O)[O-])Sc2nnc(C)n2-c2ccccc2)cc(Br)c1OCc1ccc(Cl)c(Cl)c1. The van der Waals surface area contributed by atoms with Gasteiger partial charge in [-0.2, -0.15) is 0 Å². The molecule has 0 amide bonds. The Morgan fingerprint density at radius 1 is 1.08 bits per heavy atom. The van der Waals surface area contributed by atoms with Crippen molar-refractivity contribution < 1.29 is 14.4 Å². The van der Waals surface area contributed by atoms with Crippen molar-refractivity contribution in [1.29, 1.82) is 0 Å². The Balaban J connectivity index is 1.66. The van der Waals surface area contributed by atoms with Crippen molar-refractivity contribution in [1.82, 2.24) is 14.8 Å². The van der Waals surface area contributed by atoms with Crippen LogP contribution in [0.25, 0.3) is 5.69 Å². The van der Waals surface area contributed by atoms with Gasteiger partial charge in [-0.25, -0.2) is 0 Å². The van der Waals surface area contributed by atoms with Crippen LogP contribution in [-0.4, -0.2) is 32.8 Å². The van der Waals surface area contributed by atoms with Gasteiger partial charge in [0.2, 0.25) is 6.54 Å². The van der Waals surface area contributed by atoms with E-state index in [1.165, 1.54) is 11.8 Å². The van der Waals surface area contributed by atoms with E-state index >= 15 is 0 Å². The number of nitro groups is 1. The third-order valence-electron chi connectivity index (χ3n) is 5.44. The fourth-order valence-electron chi connectivity index (χ4n) is 3.73. The van der Waals surface area contributed by atoms with Crippen LogP contribution in [0.15, 0.2) is 70.3 Å². The highest BCUT2D eigenvalue weighted by molar-refractivity contribution is 9.10. The monoisotopic (exact) mass is 636 g/mol. The number of hydrogen-bond donors (Lipinski definition) is 0. The number of hydrogen-bond acceptors (Lipinski definition) is 7. The van der Waals surface area contributed by atoms with Gasteiger partial charge < -0.3 is 9.47 Å². The fraction of sp³-hybridized carbons (Fsp3) is 0.231. The van der Waals surface area contributed by atoms with Gasteiger partial charge in [0.25, 0.3) is 0 Å². The van der Waals surface area contributed by atoms with Gasteiger partial charge in [0, 0.05) is 10.6 Å². The maximum absolute atomic E-state index is 11.7. The fourth-order valence-corrected chi connectivity index (χ4v) is 5.78. The predicted molar refractivity (Wildman–Crippen MR) is 153 cm³/mol. The molecule has 12 heteroatoms. The molecule has 4 aromatic rings. The molecule has 38 heavy (non-hydrogen) atoms. The maximum atomic E-state index is 11.7. The third kappa shape index (κ3) is 6.79. The molecule has 0 fully saturated rings. The number of halogens is 3. The van der Waals surface area contributed by atoms with Crippen LogP contribution in [0.5, 0.6) is 11.5 Å². The van der Waals surface area contributed by atoms with Crippen molar-refractivity contribution >= 4 is 50.9 Å². The first-order valence-electron chi connectivity index (χ1n) is 11.6. The minimum atomic E-state index is -0.573. The van der Waals surface area contributed by atoms with E-state index in [2.05, 4.69) is 26.1 Å². The number of para-hydroxylation sites is 1. The molecule has 0 N–H and O–H groups in total. The molecule has 0 saturated heterocycles. The predicted octanol–water partition coefficient (Wildman–Crippen LogP) is 7.73. The molecular weight excluding hydrogens is 615 g/mol. The van der Waals surface area contributed by atoms with Crippen LogP contribution in [0.2, 0.25) is 10.0 Å². The van der Waals surface area contributed by atoms with Crippen molar-refractivity contribution in [3.8, 4) is 17.2 Å². The minimum absolute atomic E-state index is 0.224. The second-order valence-corrected chi connectivity index (χ2v) is 11.0. The van der Waals surface area contributed by atoms with Crippen molar-refractivity contribution in [2.24, 2.45) is 0 Å². The Bertz CT molecular complexity index is 1440. The summed E-state index contributed by atoms with van der Waals surface area (Å²) < 4.78 is 14.4. The lowest BCUT2D eigenvalue weighted by Gasteiger charge is -2.19. The number of benzene rings is 3. The molecule has 0 unspecified atom stereocenters. The maximum Gasteiger partial charge on any atom is 0.220 e. The molecule has 0 aliphatic rings. The summed E-state index contributed by atoms with van der Waals surface area (Å²) in [6.07, 6.45) is 0. The Kier molecular flexibility index (Phi) is 9.54. The Hall–Kier alpha value is -2.79. The first-order valence-corrected chi connectivity index (χ1v) is 14.0. The highest BCUT2D eigenvalue weighted by Gasteiger charge is 2.26. The molecule has 0 saturated carbocycles. The van der Waals surface area contributed by atoms with E-state index in [0.717, 1.165) is 11.3 Å². The summed E-state index contributed by atoms with van der Waals surface area (Å²) >= 11 is 17.0. The number of rotatable bonds is 11. The average molecular weight is 638 g/mol. The van der Waals surface area contributed by atoms with Crippen LogP contribution in [0.1, 0.15) is 29.1 Å². The lowest BCUT2D eigenvalue weighted by Crippen LogP contribution is -2.12. The highest BCUT2D eigenvalue weighted by Crippen LogP contribution is 2.43. The van der Waals surface area contributed by atoms with Gasteiger partial charge in [-0.3, -0.25) is 14.7 Å². The molecule has 3 aromatic carbocycles. The van der Waals surface area contributed by atoms with E-state index in [4.69, 9.17) is 32.7 Å². The van der Waals surface area contributed by atoms with Crippen LogP contribution in [0.3, 0.4) is 0 Å². The topological polar surface area (TPSA) is 92.3 Å². The van der Waals surface area contributed by atoms with Gasteiger partial charge in [0.05, 0.1) is 21.1 Å².